The summed E-state index contributed by atoms with van der Waals surface area (Å²) in [6, 6.07) is 5.11. The van der Waals surface area contributed by atoms with Crippen molar-refractivity contribution in [3.63, 3.8) is 0 Å². The minimum atomic E-state index is -0.495. The number of carbonyl (C=O) groups is 1. The predicted molar refractivity (Wildman–Crippen MR) is 79.9 cm³/mol. The number of methoxy groups -OCH3 is 1. The van der Waals surface area contributed by atoms with Crippen LogP contribution in [0.3, 0.4) is 0 Å². The molecular weight excluding hydrogens is 313 g/mol. The molecule has 4 nitrogen and oxygen atoms in total. The first kappa shape index (κ1) is 14.4. The average Bonchev–Trinajstić information content (AvgIpc) is 3.04. The average molecular weight is 326 g/mol. The van der Waals surface area contributed by atoms with Gasteiger partial charge in [0.15, 0.2) is 5.76 Å². The van der Waals surface area contributed by atoms with Crippen molar-refractivity contribution in [3.8, 4) is 11.3 Å². The largest absolute Gasteiger partial charge is 0.465 e. The summed E-state index contributed by atoms with van der Waals surface area (Å²) >= 11 is 12.4. The fraction of sp³-hybridized carbons (Fsp3) is 0.333. The highest BCUT2D eigenvalue weighted by atomic mass is 35.5. The highest BCUT2D eigenvalue weighted by Crippen LogP contribution is 2.51. The highest BCUT2D eigenvalue weighted by molar-refractivity contribution is 6.39. The van der Waals surface area contributed by atoms with Gasteiger partial charge in [0.2, 0.25) is 0 Å². The molecule has 1 aliphatic carbocycles. The smallest absolute Gasteiger partial charge is 0.343 e. The van der Waals surface area contributed by atoms with E-state index < -0.39 is 5.97 Å². The molecule has 21 heavy (non-hydrogen) atoms. The number of esters is 1. The molecule has 1 aromatic carbocycles. The molecule has 0 spiro atoms. The molecule has 1 heterocycles. The maximum absolute atomic E-state index is 12.2. The van der Waals surface area contributed by atoms with E-state index in [1.54, 1.807) is 18.2 Å². The molecule has 0 atom stereocenters. The van der Waals surface area contributed by atoms with Gasteiger partial charge in [0, 0.05) is 11.0 Å². The highest BCUT2D eigenvalue weighted by Gasteiger charge is 2.47. The molecule has 110 valence electrons. The van der Waals surface area contributed by atoms with Crippen LogP contribution in [0.2, 0.25) is 10.0 Å². The Morgan fingerprint density at radius 1 is 1.33 bits per heavy atom. The molecule has 0 N–H and O–H groups in total. The fourth-order valence-electron chi connectivity index (χ4n) is 2.30. The van der Waals surface area contributed by atoms with Gasteiger partial charge in [-0.05, 0) is 25.0 Å². The second-order valence-corrected chi connectivity index (χ2v) is 6.20. The van der Waals surface area contributed by atoms with Crippen LogP contribution in [0.25, 0.3) is 11.3 Å². The lowest BCUT2D eigenvalue weighted by atomic mass is 9.98. The van der Waals surface area contributed by atoms with Gasteiger partial charge in [-0.3, -0.25) is 0 Å². The van der Waals surface area contributed by atoms with E-state index in [1.165, 1.54) is 7.11 Å². The molecule has 1 fully saturated rings. The Morgan fingerprint density at radius 3 is 2.48 bits per heavy atom. The molecule has 0 amide bonds. The minimum Gasteiger partial charge on any atom is -0.465 e. The fourth-order valence-corrected chi connectivity index (χ4v) is 2.88. The SMILES string of the molecule is COC(=O)c1c(-c2c(Cl)cccc2Cl)noc1C1(C)CC1. The van der Waals surface area contributed by atoms with Crippen molar-refractivity contribution >= 4 is 29.2 Å². The zero-order chi connectivity index (χ0) is 15.2. The van der Waals surface area contributed by atoms with Crippen LogP contribution in [0.15, 0.2) is 22.7 Å². The van der Waals surface area contributed by atoms with Gasteiger partial charge in [0.05, 0.1) is 17.2 Å². The number of carbonyl (C=O) groups excluding carboxylic acids is 1. The van der Waals surface area contributed by atoms with E-state index in [0.717, 1.165) is 12.8 Å². The lowest BCUT2D eigenvalue weighted by molar-refractivity contribution is 0.0597. The molecule has 0 bridgehead atoms. The Hall–Kier alpha value is -1.52. The normalized spacial score (nSPS) is 15.8. The van der Waals surface area contributed by atoms with E-state index in [0.29, 0.717) is 32.6 Å². The van der Waals surface area contributed by atoms with E-state index in [2.05, 4.69) is 5.16 Å². The molecule has 1 aromatic heterocycles. The van der Waals surface area contributed by atoms with Crippen LogP contribution in [-0.4, -0.2) is 18.2 Å². The molecule has 0 radical (unpaired) electrons. The number of halogens is 2. The van der Waals surface area contributed by atoms with E-state index >= 15 is 0 Å². The van der Waals surface area contributed by atoms with Gasteiger partial charge in [-0.25, -0.2) is 4.79 Å². The Kier molecular flexibility index (Phi) is 3.46. The quantitative estimate of drug-likeness (QED) is 0.780. The van der Waals surface area contributed by atoms with Crippen molar-refractivity contribution in [2.24, 2.45) is 0 Å². The summed E-state index contributed by atoms with van der Waals surface area (Å²) in [7, 11) is 1.33. The van der Waals surface area contributed by atoms with Crippen LogP contribution >= 0.6 is 23.2 Å². The molecule has 3 rings (SSSR count). The van der Waals surface area contributed by atoms with Crippen LogP contribution in [0.4, 0.5) is 0 Å². The van der Waals surface area contributed by atoms with Crippen molar-refractivity contribution in [2.75, 3.05) is 7.11 Å². The lowest BCUT2D eigenvalue weighted by Gasteiger charge is -2.08. The van der Waals surface area contributed by atoms with Gasteiger partial charge in [-0.2, -0.15) is 0 Å². The zero-order valence-electron chi connectivity index (χ0n) is 11.6. The molecule has 1 saturated carbocycles. The third kappa shape index (κ3) is 2.32. The maximum Gasteiger partial charge on any atom is 0.343 e. The van der Waals surface area contributed by atoms with Gasteiger partial charge >= 0.3 is 5.97 Å². The van der Waals surface area contributed by atoms with Gasteiger partial charge < -0.3 is 9.26 Å². The number of hydrogen-bond acceptors (Lipinski definition) is 4. The number of rotatable bonds is 3. The van der Waals surface area contributed by atoms with Crippen molar-refractivity contribution in [2.45, 2.75) is 25.2 Å². The van der Waals surface area contributed by atoms with Crippen LogP contribution in [0.1, 0.15) is 35.9 Å². The molecule has 6 heteroatoms. The molecule has 1 aliphatic rings. The summed E-state index contributed by atoms with van der Waals surface area (Å²) < 4.78 is 10.3. The summed E-state index contributed by atoms with van der Waals surface area (Å²) in [4.78, 5) is 12.2. The van der Waals surface area contributed by atoms with Crippen LogP contribution in [-0.2, 0) is 10.2 Å². The number of nitrogens with zero attached hydrogens (tertiary/aromatic N) is 1. The van der Waals surface area contributed by atoms with Gasteiger partial charge in [-0.1, -0.05) is 41.3 Å². The van der Waals surface area contributed by atoms with Crippen LogP contribution in [0.5, 0.6) is 0 Å². The van der Waals surface area contributed by atoms with E-state index in [1.807, 2.05) is 6.92 Å². The predicted octanol–water partition coefficient (Wildman–Crippen LogP) is 4.49. The monoisotopic (exact) mass is 325 g/mol. The molecular formula is C15H13Cl2NO3. The standard InChI is InChI=1S/C15H13Cl2NO3/c1-15(6-7-15)13-11(14(19)20-2)12(18-21-13)10-8(16)4-3-5-9(10)17/h3-5H,6-7H2,1-2H3. The molecule has 0 saturated heterocycles. The number of ether oxygens (including phenoxy) is 1. The summed E-state index contributed by atoms with van der Waals surface area (Å²) in [6.45, 7) is 2.03. The third-order valence-corrected chi connectivity index (χ3v) is 4.46. The second kappa shape index (κ2) is 5.04. The maximum atomic E-state index is 12.2. The van der Waals surface area contributed by atoms with Crippen molar-refractivity contribution in [3.05, 3.63) is 39.6 Å². The third-order valence-electron chi connectivity index (χ3n) is 3.83. The van der Waals surface area contributed by atoms with Gasteiger partial charge in [-0.15, -0.1) is 0 Å². The van der Waals surface area contributed by atoms with E-state index in [9.17, 15) is 4.79 Å². The topological polar surface area (TPSA) is 52.3 Å². The Morgan fingerprint density at radius 2 is 1.95 bits per heavy atom. The van der Waals surface area contributed by atoms with Crippen LogP contribution < -0.4 is 0 Å². The summed E-state index contributed by atoms with van der Waals surface area (Å²) in [5, 5.41) is 4.86. The first-order valence-corrected chi connectivity index (χ1v) is 7.26. The van der Waals surface area contributed by atoms with Crippen LogP contribution in [0, 0.1) is 0 Å². The summed E-state index contributed by atoms with van der Waals surface area (Å²) in [6.07, 6.45) is 1.89. The minimum absolute atomic E-state index is 0.164. The number of benzene rings is 1. The van der Waals surface area contributed by atoms with Crippen molar-refractivity contribution in [1.82, 2.24) is 5.16 Å². The molecule has 0 unspecified atom stereocenters. The Labute approximate surface area is 132 Å². The van der Waals surface area contributed by atoms with Crippen molar-refractivity contribution in [1.29, 1.82) is 0 Å². The summed E-state index contributed by atoms with van der Waals surface area (Å²) in [5.41, 5.74) is 0.969. The van der Waals surface area contributed by atoms with Gasteiger partial charge in [0.25, 0.3) is 0 Å². The van der Waals surface area contributed by atoms with E-state index in [4.69, 9.17) is 32.5 Å². The number of hydrogen-bond donors (Lipinski definition) is 0. The van der Waals surface area contributed by atoms with Gasteiger partial charge in [0.1, 0.15) is 11.3 Å². The Balaban J connectivity index is 2.24. The molecule has 2 aromatic rings. The second-order valence-electron chi connectivity index (χ2n) is 5.38. The van der Waals surface area contributed by atoms with E-state index in [-0.39, 0.29) is 5.41 Å². The first-order chi connectivity index (χ1) is 9.98. The first-order valence-electron chi connectivity index (χ1n) is 6.51. The lowest BCUT2D eigenvalue weighted by Crippen LogP contribution is -2.10. The summed E-state index contributed by atoms with van der Waals surface area (Å²) in [5.74, 6) is 0.0469. The zero-order valence-corrected chi connectivity index (χ0v) is 13.1. The number of aromatic nitrogens is 1. The Bertz CT molecular complexity index is 699. The molecule has 0 aliphatic heterocycles. The van der Waals surface area contributed by atoms with Crippen molar-refractivity contribution < 1.29 is 14.1 Å².